The molecule has 20 atom stereocenters. The minimum atomic E-state index is -1.85. The fourth-order valence-electron chi connectivity index (χ4n) is 10.0. The number of aliphatic hydroxyl groups is 8. The third kappa shape index (κ3) is 13.3. The third-order valence-corrected chi connectivity index (χ3v) is 14.2. The SMILES string of the molecule is CCC[C@H](OC1C(NC(C)=O)[C@H](O[C@@H]2CC(C(=O)NCCO[C@H]3OC(CO)[C@@H](O)C(n4cc(-c5cc(F)c(F)c(F)c5)nn4)C3O)CC(NC(C)=O)C2O[C@@H]2OC(C)[C@@H](O)C(O)C2O)OC(CO)[C@@H]1O)C(=O)N1CCC1. The van der Waals surface area contributed by atoms with Crippen molar-refractivity contribution in [3.05, 3.63) is 35.8 Å². The lowest BCUT2D eigenvalue weighted by Crippen LogP contribution is -2.68. The van der Waals surface area contributed by atoms with Crippen LogP contribution in [0.2, 0.25) is 0 Å². The lowest BCUT2D eigenvalue weighted by molar-refractivity contribution is -0.335. The van der Waals surface area contributed by atoms with Crippen molar-refractivity contribution >= 4 is 23.6 Å². The average Bonchev–Trinajstić information content (AvgIpc) is 3.85. The number of aliphatic hydroxyl groups excluding tert-OH is 8. The summed E-state index contributed by atoms with van der Waals surface area (Å²) in [5.74, 6) is -8.02. The third-order valence-electron chi connectivity index (χ3n) is 14.2. The predicted octanol–water partition coefficient (Wildman–Crippen LogP) is -3.64. The maximum atomic E-state index is 14.2. The van der Waals surface area contributed by atoms with Gasteiger partial charge in [0.25, 0.3) is 5.91 Å². The Kier molecular flexibility index (Phi) is 20.2. The van der Waals surface area contributed by atoms with Crippen LogP contribution in [0.3, 0.4) is 0 Å². The van der Waals surface area contributed by atoms with Crippen molar-refractivity contribution in [3.8, 4) is 11.3 Å². The molecule has 5 heterocycles. The summed E-state index contributed by atoms with van der Waals surface area (Å²) in [7, 11) is 0. The Morgan fingerprint density at radius 2 is 1.46 bits per heavy atom. The molecule has 29 heteroatoms. The molecule has 5 fully saturated rings. The number of halogens is 3. The summed E-state index contributed by atoms with van der Waals surface area (Å²) in [5.41, 5.74) is -0.379. The first-order valence-corrected chi connectivity index (χ1v) is 25.2. The summed E-state index contributed by atoms with van der Waals surface area (Å²) >= 11 is 0. The van der Waals surface area contributed by atoms with Crippen LogP contribution in [0.15, 0.2) is 18.3 Å². The van der Waals surface area contributed by atoms with E-state index in [-0.39, 0.29) is 49.6 Å². The van der Waals surface area contributed by atoms with Gasteiger partial charge in [-0.1, -0.05) is 18.6 Å². The molecule has 4 aliphatic heterocycles. The van der Waals surface area contributed by atoms with Crippen LogP contribution in [0.5, 0.6) is 0 Å². The minimum absolute atomic E-state index is 0.164. The number of nitrogens with zero attached hydrogens (tertiary/aromatic N) is 4. The first kappa shape index (κ1) is 59.1. The van der Waals surface area contributed by atoms with E-state index in [4.69, 9.17) is 33.2 Å². The van der Waals surface area contributed by atoms with E-state index in [1.54, 1.807) is 4.90 Å². The number of carbonyl (C=O) groups excluding carboxylic acids is 4. The molecule has 1 aliphatic carbocycles. The molecular formula is C47H68F3N7O19. The minimum Gasteiger partial charge on any atom is -0.394 e. The average molecular weight is 1090 g/mol. The van der Waals surface area contributed by atoms with Gasteiger partial charge in [-0.3, -0.25) is 19.2 Å². The van der Waals surface area contributed by atoms with E-state index in [9.17, 15) is 73.2 Å². The highest BCUT2D eigenvalue weighted by atomic mass is 19.2. The molecule has 4 amide bonds. The Morgan fingerprint density at radius 1 is 0.803 bits per heavy atom. The standard InChI is InChI=1S/C47H68F3N7O19/c1-5-7-28(44(69)56-9-6-10-56)72-42-33(53-21(4)61)45(74-31(18-59)37(42)64)73-29-15-23(14-26(52-20(3)60)41(29)76-47-40(67)39(66)35(62)19(2)71-47)43(68)51-8-11-70-46-38(65)34(36(63)30(17-58)75-46)57-16-27(54-55-57)22-12-24(48)32(50)25(49)13-22/h12-13,16,19,23,26,28-31,33-42,45-47,58-59,62-67H,5-11,14-15,17-18H2,1-4H3,(H,51,68)(H,52,60)(H,53,61)/t19?,23?,26?,28-,29+,30?,31?,33?,34?,35+,36+,37-,38?,39?,40?,41?,42?,45+,46-,47-/m0/s1. The number of nitrogens with one attached hydrogen (secondary N) is 3. The summed E-state index contributed by atoms with van der Waals surface area (Å²) < 4.78 is 85.2. The zero-order valence-corrected chi connectivity index (χ0v) is 42.0. The monoisotopic (exact) mass is 1090 g/mol. The van der Waals surface area contributed by atoms with Crippen LogP contribution in [0, 0.1) is 23.4 Å². The number of hydrogen-bond acceptors (Lipinski definition) is 21. The molecule has 426 valence electrons. The summed E-state index contributed by atoms with van der Waals surface area (Å²) in [6.07, 6.45) is -22.0. The van der Waals surface area contributed by atoms with Crippen LogP contribution in [-0.4, -0.2) is 234 Å². The zero-order valence-electron chi connectivity index (χ0n) is 42.0. The molecule has 0 bridgehead atoms. The quantitative estimate of drug-likeness (QED) is 0.0450. The summed E-state index contributed by atoms with van der Waals surface area (Å²) in [6.45, 7) is 4.36. The van der Waals surface area contributed by atoms with Crippen LogP contribution in [0.1, 0.15) is 65.8 Å². The van der Waals surface area contributed by atoms with E-state index in [0.29, 0.717) is 31.6 Å². The van der Waals surface area contributed by atoms with Crippen LogP contribution in [0.4, 0.5) is 13.2 Å². The van der Waals surface area contributed by atoms with Gasteiger partial charge < -0.3 is 94.9 Å². The first-order chi connectivity index (χ1) is 36.1. The molecule has 12 unspecified atom stereocenters. The Balaban J connectivity index is 1.10. The van der Waals surface area contributed by atoms with Gasteiger partial charge in [0.15, 0.2) is 36.3 Å². The molecular weight excluding hydrogens is 1020 g/mol. The zero-order chi connectivity index (χ0) is 55.3. The number of carbonyl (C=O) groups is 4. The Bertz CT molecular complexity index is 2290. The van der Waals surface area contributed by atoms with Crippen LogP contribution >= 0.6 is 0 Å². The van der Waals surface area contributed by atoms with Crippen molar-refractivity contribution in [2.45, 2.75) is 176 Å². The summed E-state index contributed by atoms with van der Waals surface area (Å²) in [6, 6.07) is -2.64. The molecule has 1 aromatic carbocycles. The fraction of sp³-hybridized carbons (Fsp3) is 0.745. The van der Waals surface area contributed by atoms with Gasteiger partial charge in [0, 0.05) is 45.0 Å². The van der Waals surface area contributed by atoms with E-state index in [2.05, 4.69) is 26.3 Å². The number of ether oxygens (including phenoxy) is 7. The van der Waals surface area contributed by atoms with Crippen molar-refractivity contribution in [1.29, 1.82) is 0 Å². The van der Waals surface area contributed by atoms with Crippen molar-refractivity contribution in [1.82, 2.24) is 35.8 Å². The number of rotatable bonds is 20. The number of aromatic nitrogens is 3. The summed E-state index contributed by atoms with van der Waals surface area (Å²) in [4.78, 5) is 55.1. The van der Waals surface area contributed by atoms with Gasteiger partial charge in [0.2, 0.25) is 17.7 Å². The largest absolute Gasteiger partial charge is 0.394 e. The Labute approximate surface area is 433 Å². The molecule has 0 radical (unpaired) electrons. The molecule has 1 aromatic heterocycles. The van der Waals surface area contributed by atoms with E-state index < -0.39 is 171 Å². The molecule has 7 rings (SSSR count). The van der Waals surface area contributed by atoms with Gasteiger partial charge in [-0.2, -0.15) is 0 Å². The number of benzene rings is 1. The number of hydrogen-bond donors (Lipinski definition) is 11. The van der Waals surface area contributed by atoms with Crippen LogP contribution in [0.25, 0.3) is 11.3 Å². The molecule has 5 aliphatic rings. The first-order valence-electron chi connectivity index (χ1n) is 25.2. The van der Waals surface area contributed by atoms with E-state index in [1.807, 2.05) is 6.92 Å². The molecule has 4 saturated heterocycles. The van der Waals surface area contributed by atoms with E-state index in [0.717, 1.165) is 17.3 Å². The normalized spacial score (nSPS) is 36.2. The van der Waals surface area contributed by atoms with Crippen molar-refractivity contribution in [2.24, 2.45) is 5.92 Å². The predicted molar refractivity (Wildman–Crippen MR) is 248 cm³/mol. The van der Waals surface area contributed by atoms with Crippen LogP contribution < -0.4 is 16.0 Å². The highest BCUT2D eigenvalue weighted by Gasteiger charge is 2.54. The highest BCUT2D eigenvalue weighted by Crippen LogP contribution is 2.37. The second kappa shape index (κ2) is 25.9. The topological polar surface area (TPSA) is 365 Å². The van der Waals surface area contributed by atoms with Crippen molar-refractivity contribution in [3.63, 3.8) is 0 Å². The molecule has 76 heavy (non-hydrogen) atoms. The van der Waals surface area contributed by atoms with Gasteiger partial charge in [0.05, 0.1) is 44.3 Å². The van der Waals surface area contributed by atoms with Gasteiger partial charge in [-0.25, -0.2) is 17.9 Å². The Morgan fingerprint density at radius 3 is 2.08 bits per heavy atom. The second-order valence-corrected chi connectivity index (χ2v) is 19.6. The van der Waals surface area contributed by atoms with Gasteiger partial charge >= 0.3 is 0 Å². The maximum absolute atomic E-state index is 14.2. The van der Waals surface area contributed by atoms with Crippen molar-refractivity contribution in [2.75, 3.05) is 39.5 Å². The highest BCUT2D eigenvalue weighted by molar-refractivity contribution is 5.81. The van der Waals surface area contributed by atoms with Crippen molar-refractivity contribution < 1.29 is 106 Å². The molecule has 2 aromatic rings. The number of likely N-dealkylation sites (tertiary alicyclic amines) is 1. The van der Waals surface area contributed by atoms with E-state index >= 15 is 0 Å². The molecule has 1 saturated carbocycles. The van der Waals surface area contributed by atoms with Crippen LogP contribution in [-0.2, 0) is 52.3 Å². The maximum Gasteiger partial charge on any atom is 0.251 e. The van der Waals surface area contributed by atoms with E-state index in [1.165, 1.54) is 20.8 Å². The Hall–Kier alpha value is -4.57. The number of amides is 4. The molecule has 11 N–H and O–H groups in total. The molecule has 26 nitrogen and oxygen atoms in total. The smallest absolute Gasteiger partial charge is 0.251 e. The second-order valence-electron chi connectivity index (χ2n) is 19.6. The lowest BCUT2D eigenvalue weighted by Gasteiger charge is -2.49. The summed E-state index contributed by atoms with van der Waals surface area (Å²) in [5, 5.41) is 103. The van der Waals surface area contributed by atoms with Gasteiger partial charge in [-0.15, -0.1) is 5.10 Å². The van der Waals surface area contributed by atoms with Gasteiger partial charge in [-0.05, 0) is 44.7 Å². The molecule has 0 spiro atoms. The fourth-order valence-corrected chi connectivity index (χ4v) is 10.0. The lowest BCUT2D eigenvalue weighted by atomic mass is 9.80. The van der Waals surface area contributed by atoms with Gasteiger partial charge in [0.1, 0.15) is 84.9 Å².